The van der Waals surface area contributed by atoms with Crippen molar-refractivity contribution in [1.82, 2.24) is 0 Å². The molecule has 162 valence electrons. The fourth-order valence-corrected chi connectivity index (χ4v) is 2.89. The predicted molar refractivity (Wildman–Crippen MR) is 125 cm³/mol. The predicted octanol–water partition coefficient (Wildman–Crippen LogP) is 6.66. The third kappa shape index (κ3) is 6.87. The number of aromatic hydroxyl groups is 1. The number of allylic oxidation sites excluding steroid dienone is 2. The summed E-state index contributed by atoms with van der Waals surface area (Å²) in [6.45, 7) is 9.58. The topological polar surface area (TPSA) is 47.9 Å². The highest BCUT2D eigenvalue weighted by molar-refractivity contribution is 5.73. The Kier molecular flexibility index (Phi) is 9.33. The van der Waals surface area contributed by atoms with Gasteiger partial charge in [-0.1, -0.05) is 43.7 Å². The van der Waals surface area contributed by atoms with Crippen molar-refractivity contribution in [2.24, 2.45) is 0 Å². The van der Waals surface area contributed by atoms with Gasteiger partial charge in [0.25, 0.3) is 0 Å². The van der Waals surface area contributed by atoms with E-state index in [-0.39, 0.29) is 5.75 Å². The van der Waals surface area contributed by atoms with E-state index in [1.54, 1.807) is 7.11 Å². The third-order valence-electron chi connectivity index (χ3n) is 4.49. The van der Waals surface area contributed by atoms with E-state index in [1.165, 1.54) is 5.57 Å². The molecule has 2 aromatic carbocycles. The van der Waals surface area contributed by atoms with Gasteiger partial charge in [-0.15, -0.1) is 0 Å². The smallest absolute Gasteiger partial charge is 0.161 e. The Labute approximate surface area is 180 Å². The average Bonchev–Trinajstić information content (AvgIpc) is 2.74. The van der Waals surface area contributed by atoms with Crippen LogP contribution in [0.25, 0.3) is 12.2 Å². The van der Waals surface area contributed by atoms with E-state index in [9.17, 15) is 5.11 Å². The summed E-state index contributed by atoms with van der Waals surface area (Å²) in [6, 6.07) is 9.80. The lowest BCUT2D eigenvalue weighted by atomic mass is 10.0. The molecular weight excluding hydrogens is 376 g/mol. The van der Waals surface area contributed by atoms with Gasteiger partial charge >= 0.3 is 0 Å². The van der Waals surface area contributed by atoms with Gasteiger partial charge < -0.3 is 19.3 Å². The van der Waals surface area contributed by atoms with E-state index < -0.39 is 0 Å². The van der Waals surface area contributed by atoms with Gasteiger partial charge in [-0.3, -0.25) is 0 Å². The van der Waals surface area contributed by atoms with Gasteiger partial charge in [-0.2, -0.15) is 0 Å². The Balaban J connectivity index is 2.31. The van der Waals surface area contributed by atoms with E-state index >= 15 is 0 Å². The molecule has 1 N–H and O–H groups in total. The third-order valence-corrected chi connectivity index (χ3v) is 4.49. The van der Waals surface area contributed by atoms with E-state index in [0.29, 0.717) is 25.4 Å². The Bertz CT molecular complexity index is 877. The molecule has 0 saturated heterocycles. The monoisotopic (exact) mass is 410 g/mol. The summed E-state index contributed by atoms with van der Waals surface area (Å²) in [6.07, 6.45) is 8.68. The summed E-state index contributed by atoms with van der Waals surface area (Å²) in [5, 5.41) is 10.4. The summed E-state index contributed by atoms with van der Waals surface area (Å²) in [5.74, 6) is 2.21. The molecule has 0 heterocycles. The number of rotatable bonds is 11. The molecule has 30 heavy (non-hydrogen) atoms. The standard InChI is InChI=1S/C26H34O4/c1-6-14-29-23-13-11-20(17-24(23)30-15-7-2)9-10-21-16-22(12-8-19(3)4)26(27)25(18-21)28-5/h8-11,13,16-18,27H,6-7,12,14-15H2,1-5H3/b10-9+. The fourth-order valence-electron chi connectivity index (χ4n) is 2.89. The molecule has 0 bridgehead atoms. The zero-order chi connectivity index (χ0) is 21.9. The molecule has 0 aromatic heterocycles. The normalized spacial score (nSPS) is 10.8. The number of phenolic OH excluding ortho intramolecular Hbond substituents is 1. The first-order valence-electron chi connectivity index (χ1n) is 10.6. The molecule has 0 aliphatic rings. The quantitative estimate of drug-likeness (QED) is 0.332. The molecule has 0 aliphatic carbocycles. The van der Waals surface area contributed by atoms with Gasteiger partial charge in [0.2, 0.25) is 0 Å². The van der Waals surface area contributed by atoms with E-state index in [2.05, 4.69) is 19.9 Å². The van der Waals surface area contributed by atoms with Crippen LogP contribution in [-0.2, 0) is 6.42 Å². The molecule has 0 spiro atoms. The maximum Gasteiger partial charge on any atom is 0.161 e. The Morgan fingerprint density at radius 2 is 1.50 bits per heavy atom. The van der Waals surface area contributed by atoms with Crippen molar-refractivity contribution in [3.05, 3.63) is 58.7 Å². The number of ether oxygens (including phenoxy) is 3. The largest absolute Gasteiger partial charge is 0.504 e. The molecule has 4 nitrogen and oxygen atoms in total. The maximum absolute atomic E-state index is 10.4. The van der Waals surface area contributed by atoms with Crippen LogP contribution in [0.4, 0.5) is 0 Å². The lowest BCUT2D eigenvalue weighted by Crippen LogP contribution is -2.01. The van der Waals surface area contributed by atoms with Crippen LogP contribution in [0.1, 0.15) is 57.2 Å². The molecule has 0 atom stereocenters. The molecule has 0 amide bonds. The highest BCUT2D eigenvalue weighted by Crippen LogP contribution is 2.33. The molecule has 0 radical (unpaired) electrons. The second-order valence-electron chi connectivity index (χ2n) is 7.45. The lowest BCUT2D eigenvalue weighted by Gasteiger charge is -2.13. The lowest BCUT2D eigenvalue weighted by molar-refractivity contribution is 0.268. The maximum atomic E-state index is 10.4. The SMILES string of the molecule is CCCOc1ccc(/C=C/c2cc(CC=C(C)C)c(O)c(OC)c2)cc1OCCC. The highest BCUT2D eigenvalue weighted by atomic mass is 16.5. The molecule has 0 unspecified atom stereocenters. The zero-order valence-corrected chi connectivity index (χ0v) is 18.8. The van der Waals surface area contributed by atoms with Crippen LogP contribution in [0.15, 0.2) is 42.0 Å². The first-order chi connectivity index (χ1) is 14.5. The second kappa shape index (κ2) is 12.0. The van der Waals surface area contributed by atoms with Crippen molar-refractivity contribution >= 4 is 12.2 Å². The number of hydrogen-bond acceptors (Lipinski definition) is 4. The Hall–Kier alpha value is -2.88. The molecule has 0 fully saturated rings. The Morgan fingerprint density at radius 3 is 2.13 bits per heavy atom. The van der Waals surface area contributed by atoms with Crippen LogP contribution >= 0.6 is 0 Å². The van der Waals surface area contributed by atoms with Crippen LogP contribution in [0.5, 0.6) is 23.0 Å². The van der Waals surface area contributed by atoms with Crippen LogP contribution in [-0.4, -0.2) is 25.4 Å². The van der Waals surface area contributed by atoms with E-state index in [4.69, 9.17) is 14.2 Å². The summed E-state index contributed by atoms with van der Waals surface area (Å²) in [5.41, 5.74) is 4.02. The van der Waals surface area contributed by atoms with Crippen LogP contribution in [0.3, 0.4) is 0 Å². The number of benzene rings is 2. The zero-order valence-electron chi connectivity index (χ0n) is 18.8. The first-order valence-corrected chi connectivity index (χ1v) is 10.6. The van der Waals surface area contributed by atoms with Crippen molar-refractivity contribution in [3.63, 3.8) is 0 Å². The van der Waals surface area contributed by atoms with Crippen molar-refractivity contribution in [2.75, 3.05) is 20.3 Å². The van der Waals surface area contributed by atoms with Gasteiger partial charge in [-0.25, -0.2) is 0 Å². The minimum absolute atomic E-state index is 0.194. The molecular formula is C26H34O4. The second-order valence-corrected chi connectivity index (χ2v) is 7.45. The van der Waals surface area contributed by atoms with E-state index in [1.807, 2.05) is 56.3 Å². The first kappa shape index (κ1) is 23.4. The molecule has 4 heteroatoms. The van der Waals surface area contributed by atoms with Crippen molar-refractivity contribution in [2.45, 2.75) is 47.0 Å². The summed E-state index contributed by atoms with van der Waals surface area (Å²) < 4.78 is 17.1. The fraction of sp³-hybridized carbons (Fsp3) is 0.385. The minimum atomic E-state index is 0.194. The van der Waals surface area contributed by atoms with Gasteiger partial charge in [0, 0.05) is 5.56 Å². The minimum Gasteiger partial charge on any atom is -0.504 e. The highest BCUT2D eigenvalue weighted by Gasteiger charge is 2.09. The Morgan fingerprint density at radius 1 is 0.867 bits per heavy atom. The van der Waals surface area contributed by atoms with Crippen LogP contribution < -0.4 is 14.2 Å². The van der Waals surface area contributed by atoms with Crippen LogP contribution in [0, 0.1) is 0 Å². The molecule has 0 aliphatic heterocycles. The van der Waals surface area contributed by atoms with Gasteiger partial charge in [0.05, 0.1) is 20.3 Å². The molecule has 2 rings (SSSR count). The van der Waals surface area contributed by atoms with E-state index in [0.717, 1.165) is 41.0 Å². The van der Waals surface area contributed by atoms with Crippen LogP contribution in [0.2, 0.25) is 0 Å². The summed E-state index contributed by atoms with van der Waals surface area (Å²) in [4.78, 5) is 0. The van der Waals surface area contributed by atoms with Gasteiger partial charge in [0.15, 0.2) is 23.0 Å². The number of methoxy groups -OCH3 is 1. The average molecular weight is 411 g/mol. The van der Waals surface area contributed by atoms with Crippen molar-refractivity contribution in [1.29, 1.82) is 0 Å². The number of hydrogen-bond donors (Lipinski definition) is 1. The van der Waals surface area contributed by atoms with Gasteiger partial charge in [-0.05, 0) is 68.5 Å². The summed E-state index contributed by atoms with van der Waals surface area (Å²) >= 11 is 0. The summed E-state index contributed by atoms with van der Waals surface area (Å²) in [7, 11) is 1.57. The van der Waals surface area contributed by atoms with Gasteiger partial charge in [0.1, 0.15) is 0 Å². The molecule has 0 saturated carbocycles. The van der Waals surface area contributed by atoms with Crippen molar-refractivity contribution in [3.8, 4) is 23.0 Å². The van der Waals surface area contributed by atoms with Crippen molar-refractivity contribution < 1.29 is 19.3 Å². The molecule has 2 aromatic rings. The number of phenols is 1.